The summed E-state index contributed by atoms with van der Waals surface area (Å²) >= 11 is 5.93. The van der Waals surface area contributed by atoms with E-state index in [1.807, 2.05) is 6.07 Å². The number of hydrogen-bond acceptors (Lipinski definition) is 5. The zero-order valence-electron chi connectivity index (χ0n) is 17.4. The maximum Gasteiger partial charge on any atom is 0.325 e. The molecule has 32 heavy (non-hydrogen) atoms. The van der Waals surface area contributed by atoms with Gasteiger partial charge in [-0.25, -0.2) is 4.68 Å². The van der Waals surface area contributed by atoms with Gasteiger partial charge in [0.05, 0.1) is 22.0 Å². The van der Waals surface area contributed by atoms with Gasteiger partial charge in [-0.2, -0.15) is 0 Å². The first kappa shape index (κ1) is 22.8. The summed E-state index contributed by atoms with van der Waals surface area (Å²) in [7, 11) is 1.70. The van der Waals surface area contributed by atoms with Crippen LogP contribution in [-0.2, 0) is 21.4 Å². The Hall–Kier alpha value is -3.85. The molecule has 3 aromatic rings. The predicted octanol–water partition coefficient (Wildman–Crippen LogP) is 2.05. The second kappa shape index (κ2) is 9.97. The molecule has 1 aromatic heterocycles. The molecule has 0 atom stereocenters. The molecule has 0 aliphatic heterocycles. The molecule has 9 nitrogen and oxygen atoms in total. The number of benzene rings is 2. The highest BCUT2D eigenvalue weighted by molar-refractivity contribution is 6.33. The van der Waals surface area contributed by atoms with E-state index in [0.29, 0.717) is 11.4 Å². The molecule has 2 N–H and O–H groups in total. The molecule has 0 spiro atoms. The average Bonchev–Trinajstić information content (AvgIpc) is 3.00. The van der Waals surface area contributed by atoms with E-state index in [2.05, 4.69) is 10.6 Å². The maximum absolute atomic E-state index is 12.8. The Bertz CT molecular complexity index is 1220. The highest BCUT2D eigenvalue weighted by Crippen LogP contribution is 2.15. The molecular weight excluding hydrogens is 436 g/mol. The van der Waals surface area contributed by atoms with Crippen molar-refractivity contribution >= 4 is 35.1 Å². The van der Waals surface area contributed by atoms with Gasteiger partial charge in [-0.05, 0) is 31.2 Å². The summed E-state index contributed by atoms with van der Waals surface area (Å²) in [5.41, 5.74) is 1.07. The number of halogens is 1. The second-order valence-corrected chi connectivity index (χ2v) is 7.22. The molecule has 2 aromatic carbocycles. The fourth-order valence-corrected chi connectivity index (χ4v) is 3.20. The van der Waals surface area contributed by atoms with Crippen molar-refractivity contribution in [3.05, 3.63) is 81.2 Å². The third-order valence-electron chi connectivity index (χ3n) is 4.69. The molecule has 0 saturated heterocycles. The fourth-order valence-electron chi connectivity index (χ4n) is 2.98. The first-order valence-electron chi connectivity index (χ1n) is 9.62. The molecule has 10 heteroatoms. The van der Waals surface area contributed by atoms with Gasteiger partial charge in [-0.15, -0.1) is 0 Å². The molecule has 166 valence electrons. The second-order valence-electron chi connectivity index (χ2n) is 6.81. The number of hydrogen-bond donors (Lipinski definition) is 2. The van der Waals surface area contributed by atoms with Crippen LogP contribution in [-0.4, -0.2) is 40.3 Å². The number of ether oxygens (including phenoxy) is 1. The number of aromatic nitrogens is 2. The minimum Gasteiger partial charge on any atom is -0.454 e. The van der Waals surface area contributed by atoms with E-state index in [9.17, 15) is 19.2 Å². The van der Waals surface area contributed by atoms with Crippen LogP contribution in [0.25, 0.3) is 5.69 Å². The number of amides is 2. The van der Waals surface area contributed by atoms with E-state index >= 15 is 0 Å². The van der Waals surface area contributed by atoms with Crippen molar-refractivity contribution in [3.63, 3.8) is 0 Å². The zero-order valence-corrected chi connectivity index (χ0v) is 18.2. The molecule has 0 aliphatic rings. The van der Waals surface area contributed by atoms with E-state index in [1.54, 1.807) is 61.1 Å². The summed E-state index contributed by atoms with van der Waals surface area (Å²) in [5, 5.41) is 5.11. The minimum atomic E-state index is -0.813. The molecule has 1 heterocycles. The van der Waals surface area contributed by atoms with Crippen molar-refractivity contribution in [3.8, 4) is 5.69 Å². The third kappa shape index (κ3) is 5.06. The summed E-state index contributed by atoms with van der Waals surface area (Å²) in [6.07, 6.45) is 0. The van der Waals surface area contributed by atoms with Crippen LogP contribution in [0.2, 0.25) is 5.02 Å². The minimum absolute atomic E-state index is 0.0874. The predicted molar refractivity (Wildman–Crippen MR) is 119 cm³/mol. The van der Waals surface area contributed by atoms with Gasteiger partial charge in [0, 0.05) is 7.05 Å². The summed E-state index contributed by atoms with van der Waals surface area (Å²) in [6, 6.07) is 15.3. The van der Waals surface area contributed by atoms with Crippen LogP contribution in [0.3, 0.4) is 0 Å². The molecule has 2 amide bonds. The van der Waals surface area contributed by atoms with Gasteiger partial charge in [-0.3, -0.25) is 23.9 Å². The van der Waals surface area contributed by atoms with Gasteiger partial charge in [-0.1, -0.05) is 41.9 Å². The van der Waals surface area contributed by atoms with E-state index in [4.69, 9.17) is 16.3 Å². The standard InChI is InChI=1S/C22H21ClN4O5/c1-14-20(22(31)27(26(14)2)15-8-4-3-5-9-15)25-18(28)13-32-19(29)12-24-21(30)16-10-6-7-11-17(16)23/h3-11H,12-13H2,1-2H3,(H,24,30)(H,25,28). The fraction of sp³-hybridized carbons (Fsp3) is 0.182. The highest BCUT2D eigenvalue weighted by atomic mass is 35.5. The lowest BCUT2D eigenvalue weighted by Crippen LogP contribution is -2.32. The van der Waals surface area contributed by atoms with Gasteiger partial charge >= 0.3 is 5.97 Å². The van der Waals surface area contributed by atoms with Gasteiger partial charge < -0.3 is 15.4 Å². The normalized spacial score (nSPS) is 10.5. The largest absolute Gasteiger partial charge is 0.454 e. The van der Waals surface area contributed by atoms with Crippen LogP contribution in [0.15, 0.2) is 59.4 Å². The number of rotatable bonds is 7. The van der Waals surface area contributed by atoms with Crippen LogP contribution in [0.5, 0.6) is 0 Å². The van der Waals surface area contributed by atoms with E-state index in [0.717, 1.165) is 0 Å². The Labute approximate surface area is 188 Å². The molecule has 0 radical (unpaired) electrons. The molecular formula is C22H21ClN4O5. The smallest absolute Gasteiger partial charge is 0.325 e. The van der Waals surface area contributed by atoms with Gasteiger partial charge in [0.15, 0.2) is 6.61 Å². The monoisotopic (exact) mass is 456 g/mol. The van der Waals surface area contributed by atoms with Gasteiger partial charge in [0.25, 0.3) is 17.4 Å². The van der Waals surface area contributed by atoms with E-state index < -0.39 is 36.5 Å². The Balaban J connectivity index is 1.56. The SMILES string of the molecule is Cc1c(NC(=O)COC(=O)CNC(=O)c2ccccc2Cl)c(=O)n(-c2ccccc2)n1C. The van der Waals surface area contributed by atoms with Gasteiger partial charge in [0.1, 0.15) is 12.2 Å². The van der Waals surface area contributed by atoms with E-state index in [1.165, 1.54) is 10.7 Å². The maximum atomic E-state index is 12.8. The molecule has 0 aliphatic carbocycles. The van der Waals surface area contributed by atoms with Crippen LogP contribution < -0.4 is 16.2 Å². The number of nitrogens with one attached hydrogen (secondary N) is 2. The Morgan fingerprint density at radius 2 is 1.69 bits per heavy atom. The Morgan fingerprint density at radius 1 is 1.03 bits per heavy atom. The molecule has 0 unspecified atom stereocenters. The third-order valence-corrected chi connectivity index (χ3v) is 5.02. The summed E-state index contributed by atoms with van der Waals surface area (Å²) < 4.78 is 7.91. The number of anilines is 1. The highest BCUT2D eigenvalue weighted by Gasteiger charge is 2.19. The zero-order chi connectivity index (χ0) is 23.3. The van der Waals surface area contributed by atoms with Crippen molar-refractivity contribution in [1.82, 2.24) is 14.7 Å². The lowest BCUT2D eigenvalue weighted by atomic mass is 10.2. The average molecular weight is 457 g/mol. The van der Waals surface area contributed by atoms with Crippen molar-refractivity contribution in [1.29, 1.82) is 0 Å². The lowest BCUT2D eigenvalue weighted by molar-refractivity contribution is -0.146. The van der Waals surface area contributed by atoms with Crippen molar-refractivity contribution in [2.24, 2.45) is 7.05 Å². The Kier molecular flexibility index (Phi) is 7.11. The molecule has 0 fully saturated rings. The summed E-state index contributed by atoms with van der Waals surface area (Å²) in [6.45, 7) is 0.634. The molecule has 3 rings (SSSR count). The quantitative estimate of drug-likeness (QED) is 0.528. The summed E-state index contributed by atoms with van der Waals surface area (Å²) in [5.74, 6) is -2.03. The van der Waals surface area contributed by atoms with Crippen molar-refractivity contribution in [2.75, 3.05) is 18.5 Å². The first-order valence-corrected chi connectivity index (χ1v) is 9.99. The number of esters is 1. The molecule has 0 saturated carbocycles. The van der Waals surface area contributed by atoms with E-state index in [-0.39, 0.29) is 16.3 Å². The number of carbonyl (C=O) groups excluding carboxylic acids is 3. The molecule has 0 bridgehead atoms. The van der Waals surface area contributed by atoms with Crippen LogP contribution in [0.1, 0.15) is 16.1 Å². The lowest BCUT2D eigenvalue weighted by Gasteiger charge is -2.08. The van der Waals surface area contributed by atoms with Gasteiger partial charge in [0.2, 0.25) is 0 Å². The first-order chi connectivity index (χ1) is 15.3. The van der Waals surface area contributed by atoms with Crippen LogP contribution in [0, 0.1) is 6.92 Å². The number of para-hydroxylation sites is 1. The number of carbonyl (C=O) groups is 3. The summed E-state index contributed by atoms with van der Waals surface area (Å²) in [4.78, 5) is 48.9. The van der Waals surface area contributed by atoms with Crippen LogP contribution >= 0.6 is 11.6 Å². The van der Waals surface area contributed by atoms with Crippen molar-refractivity contribution < 1.29 is 19.1 Å². The number of nitrogens with zero attached hydrogens (tertiary/aromatic N) is 2. The van der Waals surface area contributed by atoms with Crippen LogP contribution in [0.4, 0.5) is 5.69 Å². The Morgan fingerprint density at radius 3 is 2.38 bits per heavy atom. The van der Waals surface area contributed by atoms with Crippen molar-refractivity contribution in [2.45, 2.75) is 6.92 Å². The topological polar surface area (TPSA) is 111 Å².